The molecule has 1 heterocycles. The van der Waals surface area contributed by atoms with Crippen molar-refractivity contribution in [3.8, 4) is 0 Å². The van der Waals surface area contributed by atoms with Crippen molar-refractivity contribution in [3.05, 3.63) is 11.4 Å². The third-order valence-corrected chi connectivity index (χ3v) is 8.25. The fraction of sp³-hybridized carbons (Fsp3) is 0.765. The van der Waals surface area contributed by atoms with Crippen molar-refractivity contribution in [2.75, 3.05) is 0 Å². The van der Waals surface area contributed by atoms with Crippen LogP contribution < -0.4 is 5.73 Å². The molecule has 0 aliphatic heterocycles. The number of hydrogen-bond acceptors (Lipinski definition) is 4. The molecule has 5 atom stereocenters. The van der Waals surface area contributed by atoms with Gasteiger partial charge in [0.25, 0.3) is 0 Å². The summed E-state index contributed by atoms with van der Waals surface area (Å²) in [5.74, 6) is 1.11. The van der Waals surface area contributed by atoms with Crippen LogP contribution >= 0.6 is 0 Å². The van der Waals surface area contributed by atoms with Gasteiger partial charge in [0.15, 0.2) is 0 Å². The Balaban J connectivity index is 2.04. The zero-order valence-corrected chi connectivity index (χ0v) is 15.6. The number of sulfone groups is 1. The second-order valence-electron chi connectivity index (χ2n) is 7.60. The van der Waals surface area contributed by atoms with Gasteiger partial charge in [-0.1, -0.05) is 6.42 Å². The molecule has 1 aromatic heterocycles. The number of aryl methyl sites for hydroxylation is 1. The van der Waals surface area contributed by atoms with Crippen molar-refractivity contribution >= 4 is 15.7 Å². The second kappa shape index (κ2) is 5.86. The Morgan fingerprint density at radius 1 is 1.25 bits per heavy atom. The Morgan fingerprint density at radius 2 is 1.92 bits per heavy atom. The van der Waals surface area contributed by atoms with Crippen molar-refractivity contribution < 1.29 is 13.2 Å². The molecule has 2 fully saturated rings. The lowest BCUT2D eigenvalue weighted by atomic mass is 9.84. The molecule has 3 rings (SSSR count). The zero-order valence-electron chi connectivity index (χ0n) is 14.8. The molecule has 2 N–H and O–H groups in total. The van der Waals surface area contributed by atoms with E-state index in [9.17, 15) is 13.2 Å². The van der Waals surface area contributed by atoms with Gasteiger partial charge in [0.05, 0.1) is 5.69 Å². The molecule has 2 aliphatic carbocycles. The third kappa shape index (κ3) is 2.57. The summed E-state index contributed by atoms with van der Waals surface area (Å²) in [7, 11) is -3.88. The van der Waals surface area contributed by atoms with Gasteiger partial charge >= 0.3 is 0 Å². The summed E-state index contributed by atoms with van der Waals surface area (Å²) in [6, 6.07) is 0.0614. The smallest absolute Gasteiger partial charge is 0.235 e. The highest BCUT2D eigenvalue weighted by molar-refractivity contribution is 7.92. The van der Waals surface area contributed by atoms with E-state index in [1.165, 1.54) is 26.2 Å². The predicted molar refractivity (Wildman–Crippen MR) is 91.2 cm³/mol. The molecule has 0 aromatic carbocycles. The van der Waals surface area contributed by atoms with E-state index in [2.05, 4.69) is 11.9 Å². The Hall–Kier alpha value is -1.37. The number of carbonyl (C=O) groups excluding carboxylic acids is 1. The number of nitrogens with zero attached hydrogens (tertiary/aromatic N) is 2. The Bertz CT molecular complexity index is 768. The molecular formula is C17H27N3O3S. The first-order valence-electron chi connectivity index (χ1n) is 8.73. The van der Waals surface area contributed by atoms with Crippen LogP contribution in [-0.4, -0.2) is 29.1 Å². The normalized spacial score (nSPS) is 28.9. The van der Waals surface area contributed by atoms with E-state index in [4.69, 9.17) is 5.73 Å². The SMILES string of the molecule is Cc1nc(S(=O)(=O)[C@H](C)C(N)=O)n([C@H](C)[C@H]2C[C@H]3CC[C@H]2C3)c1C. The lowest BCUT2D eigenvalue weighted by Crippen LogP contribution is -2.35. The maximum absolute atomic E-state index is 12.9. The van der Waals surface area contributed by atoms with Crippen LogP contribution in [0.5, 0.6) is 0 Å². The molecule has 0 unspecified atom stereocenters. The highest BCUT2D eigenvalue weighted by Crippen LogP contribution is 2.52. The van der Waals surface area contributed by atoms with E-state index in [0.717, 1.165) is 18.0 Å². The number of nitrogens with two attached hydrogens (primary N) is 1. The second-order valence-corrected chi connectivity index (χ2v) is 9.77. The molecular weight excluding hydrogens is 326 g/mol. The fourth-order valence-electron chi connectivity index (χ4n) is 4.66. The van der Waals surface area contributed by atoms with Crippen LogP contribution in [0.15, 0.2) is 5.16 Å². The van der Waals surface area contributed by atoms with E-state index in [-0.39, 0.29) is 11.2 Å². The van der Waals surface area contributed by atoms with Crippen LogP contribution in [0, 0.1) is 31.6 Å². The minimum atomic E-state index is -3.88. The number of primary amides is 1. The number of amides is 1. The van der Waals surface area contributed by atoms with Crippen molar-refractivity contribution in [3.63, 3.8) is 0 Å². The lowest BCUT2D eigenvalue weighted by Gasteiger charge is -2.30. The number of hydrogen-bond donors (Lipinski definition) is 1. The summed E-state index contributed by atoms with van der Waals surface area (Å²) in [4.78, 5) is 15.8. The van der Waals surface area contributed by atoms with Crippen molar-refractivity contribution in [2.45, 2.75) is 69.8 Å². The quantitative estimate of drug-likeness (QED) is 0.877. The molecule has 1 aromatic rings. The van der Waals surface area contributed by atoms with Gasteiger partial charge in [-0.25, -0.2) is 13.4 Å². The average molecular weight is 353 g/mol. The van der Waals surface area contributed by atoms with Crippen molar-refractivity contribution in [2.24, 2.45) is 23.5 Å². The van der Waals surface area contributed by atoms with Gasteiger partial charge < -0.3 is 10.3 Å². The minimum Gasteiger partial charge on any atom is -0.369 e. The van der Waals surface area contributed by atoms with Gasteiger partial charge in [-0.05, 0) is 64.7 Å². The first kappa shape index (κ1) is 17.5. The number of aromatic nitrogens is 2. The average Bonchev–Trinajstić information content (AvgIpc) is 3.21. The molecule has 7 heteroatoms. The topological polar surface area (TPSA) is 95.1 Å². The van der Waals surface area contributed by atoms with Crippen LogP contribution in [0.4, 0.5) is 0 Å². The largest absolute Gasteiger partial charge is 0.369 e. The van der Waals surface area contributed by atoms with Gasteiger partial charge in [-0.15, -0.1) is 0 Å². The molecule has 2 saturated carbocycles. The standard InChI is InChI=1S/C17H27N3O3S/c1-9-10(2)20(11(3)15-8-13-5-6-14(15)7-13)17(19-9)24(22,23)12(4)16(18)21/h11-15H,5-8H2,1-4H3,(H2,18,21)/t11-,12-,13+,14+,15-/m1/s1. The molecule has 2 bridgehead atoms. The number of carbonyl (C=O) groups is 1. The van der Waals surface area contributed by atoms with Crippen molar-refractivity contribution in [1.82, 2.24) is 9.55 Å². The van der Waals surface area contributed by atoms with Crippen LogP contribution in [0.3, 0.4) is 0 Å². The summed E-state index contributed by atoms with van der Waals surface area (Å²) < 4.78 is 27.6. The molecule has 0 spiro atoms. The maximum atomic E-state index is 12.9. The van der Waals surface area contributed by atoms with Gasteiger partial charge in [0.2, 0.25) is 20.9 Å². The molecule has 6 nitrogen and oxygen atoms in total. The molecule has 2 aliphatic rings. The summed E-state index contributed by atoms with van der Waals surface area (Å²) in [6.07, 6.45) is 4.97. The molecule has 0 radical (unpaired) electrons. The van der Waals surface area contributed by atoms with E-state index in [0.29, 0.717) is 17.5 Å². The number of imidazole rings is 1. The van der Waals surface area contributed by atoms with Gasteiger partial charge in [0, 0.05) is 11.7 Å². The van der Waals surface area contributed by atoms with Gasteiger partial charge in [-0.2, -0.15) is 0 Å². The summed E-state index contributed by atoms with van der Waals surface area (Å²) >= 11 is 0. The van der Waals surface area contributed by atoms with E-state index >= 15 is 0 Å². The van der Waals surface area contributed by atoms with Crippen LogP contribution in [-0.2, 0) is 14.6 Å². The summed E-state index contributed by atoms with van der Waals surface area (Å²) in [6.45, 7) is 7.14. The molecule has 24 heavy (non-hydrogen) atoms. The zero-order chi connectivity index (χ0) is 17.8. The molecule has 0 saturated heterocycles. The fourth-order valence-corrected chi connectivity index (χ4v) is 6.13. The summed E-state index contributed by atoms with van der Waals surface area (Å²) in [5, 5.41) is -1.27. The predicted octanol–water partition coefficient (Wildman–Crippen LogP) is 2.14. The maximum Gasteiger partial charge on any atom is 0.235 e. The Labute approximate surface area is 143 Å². The minimum absolute atomic E-state index is 0.000858. The van der Waals surface area contributed by atoms with Gasteiger partial charge in [0.1, 0.15) is 5.25 Å². The Kier molecular flexibility index (Phi) is 4.26. The van der Waals surface area contributed by atoms with E-state index in [1.807, 2.05) is 18.4 Å². The highest BCUT2D eigenvalue weighted by Gasteiger charge is 2.44. The van der Waals surface area contributed by atoms with Crippen LogP contribution in [0.2, 0.25) is 0 Å². The Morgan fingerprint density at radius 3 is 2.42 bits per heavy atom. The van der Waals surface area contributed by atoms with Crippen molar-refractivity contribution in [1.29, 1.82) is 0 Å². The molecule has 134 valence electrons. The summed E-state index contributed by atoms with van der Waals surface area (Å²) in [5.41, 5.74) is 6.80. The monoisotopic (exact) mass is 353 g/mol. The van der Waals surface area contributed by atoms with Crippen LogP contribution in [0.1, 0.15) is 57.0 Å². The molecule has 1 amide bonds. The van der Waals surface area contributed by atoms with Gasteiger partial charge in [-0.3, -0.25) is 4.79 Å². The van der Waals surface area contributed by atoms with E-state index in [1.54, 1.807) is 0 Å². The first-order valence-corrected chi connectivity index (χ1v) is 10.3. The lowest BCUT2D eigenvalue weighted by molar-refractivity contribution is -0.117. The highest BCUT2D eigenvalue weighted by atomic mass is 32.2. The van der Waals surface area contributed by atoms with Crippen LogP contribution in [0.25, 0.3) is 0 Å². The number of rotatable bonds is 5. The van der Waals surface area contributed by atoms with E-state index < -0.39 is 21.0 Å². The third-order valence-electron chi connectivity index (χ3n) is 6.29. The first-order chi connectivity index (χ1) is 11.1. The number of fused-ring (bicyclic) bond motifs is 2.